The Morgan fingerprint density at radius 2 is 2.20 bits per heavy atom. The highest BCUT2D eigenvalue weighted by Crippen LogP contribution is 2.27. The van der Waals surface area contributed by atoms with Crippen LogP contribution in [-0.2, 0) is 14.8 Å². The number of amides is 1. The minimum Gasteiger partial charge on any atom is -0.353 e. The minimum atomic E-state index is -3.92. The second kappa shape index (κ2) is 5.40. The third kappa shape index (κ3) is 2.50. The van der Waals surface area contributed by atoms with E-state index in [0.29, 0.717) is 0 Å². The summed E-state index contributed by atoms with van der Waals surface area (Å²) < 4.78 is 26.3. The molecule has 1 saturated heterocycles. The van der Waals surface area contributed by atoms with Crippen LogP contribution in [0.3, 0.4) is 0 Å². The summed E-state index contributed by atoms with van der Waals surface area (Å²) in [5, 5.41) is 11.5. The molecule has 1 amide bonds. The van der Waals surface area contributed by atoms with Gasteiger partial charge in [-0.25, -0.2) is 8.42 Å². The number of hydrogen-bond donors (Lipinski definition) is 1. The van der Waals surface area contributed by atoms with Crippen molar-refractivity contribution in [2.24, 2.45) is 0 Å². The number of halogens is 1. The van der Waals surface area contributed by atoms with Crippen molar-refractivity contribution in [3.63, 3.8) is 0 Å². The molecule has 8 heteroatoms. The summed E-state index contributed by atoms with van der Waals surface area (Å²) in [6.07, 6.45) is 0. The molecule has 0 spiro atoms. The summed E-state index contributed by atoms with van der Waals surface area (Å²) in [7, 11) is -3.92. The Balaban J connectivity index is 2.50. The van der Waals surface area contributed by atoms with Crippen molar-refractivity contribution in [1.82, 2.24) is 9.62 Å². The van der Waals surface area contributed by atoms with E-state index in [4.69, 9.17) is 16.9 Å². The summed E-state index contributed by atoms with van der Waals surface area (Å²) in [5.74, 6) is -0.354. The lowest BCUT2D eigenvalue weighted by molar-refractivity contribution is -0.126. The van der Waals surface area contributed by atoms with Gasteiger partial charge in [-0.3, -0.25) is 4.79 Å². The third-order valence-electron chi connectivity index (χ3n) is 3.09. The highest BCUT2D eigenvalue weighted by molar-refractivity contribution is 7.89. The maximum Gasteiger partial charge on any atom is 0.245 e. The van der Waals surface area contributed by atoms with Crippen molar-refractivity contribution in [2.45, 2.75) is 17.9 Å². The van der Waals surface area contributed by atoms with Gasteiger partial charge < -0.3 is 5.32 Å². The van der Waals surface area contributed by atoms with Gasteiger partial charge in [0.15, 0.2) is 0 Å². The lowest BCUT2D eigenvalue weighted by Gasteiger charge is -2.31. The Morgan fingerprint density at radius 3 is 2.85 bits per heavy atom. The molecule has 1 aromatic carbocycles. The van der Waals surface area contributed by atoms with Gasteiger partial charge in [0, 0.05) is 13.1 Å². The Bertz CT molecular complexity index is 696. The molecule has 1 unspecified atom stereocenters. The number of carbonyl (C=O) groups excluding carboxylic acids is 1. The molecule has 0 radical (unpaired) electrons. The third-order valence-corrected chi connectivity index (χ3v) is 5.54. The number of benzene rings is 1. The smallest absolute Gasteiger partial charge is 0.245 e. The zero-order valence-corrected chi connectivity index (χ0v) is 12.2. The average Bonchev–Trinajstić information content (AvgIpc) is 2.42. The van der Waals surface area contributed by atoms with Gasteiger partial charge in [0.2, 0.25) is 15.9 Å². The zero-order valence-electron chi connectivity index (χ0n) is 10.6. The second-order valence-corrected chi connectivity index (χ2v) is 6.61. The van der Waals surface area contributed by atoms with Crippen molar-refractivity contribution in [3.8, 4) is 6.07 Å². The fourth-order valence-electron chi connectivity index (χ4n) is 1.99. The van der Waals surface area contributed by atoms with Crippen LogP contribution in [0.5, 0.6) is 0 Å². The first-order valence-electron chi connectivity index (χ1n) is 5.87. The second-order valence-electron chi connectivity index (χ2n) is 4.34. The van der Waals surface area contributed by atoms with E-state index < -0.39 is 16.1 Å². The number of piperazine rings is 1. The number of sulfonamides is 1. The minimum absolute atomic E-state index is 0.0298. The van der Waals surface area contributed by atoms with E-state index in [-0.39, 0.29) is 34.5 Å². The molecule has 1 atom stereocenters. The number of carbonyl (C=O) groups is 1. The average molecular weight is 314 g/mol. The predicted molar refractivity (Wildman–Crippen MR) is 72.5 cm³/mol. The van der Waals surface area contributed by atoms with Gasteiger partial charge in [0.05, 0.1) is 16.7 Å². The number of hydrogen-bond acceptors (Lipinski definition) is 4. The molecule has 1 aliphatic heterocycles. The molecular formula is C12H12ClN3O3S. The molecular weight excluding hydrogens is 302 g/mol. The maximum atomic E-state index is 12.6. The van der Waals surface area contributed by atoms with Gasteiger partial charge in [-0.1, -0.05) is 11.6 Å². The first kappa shape index (κ1) is 14.8. The number of nitrogens with zero attached hydrogens (tertiary/aromatic N) is 2. The lowest BCUT2D eigenvalue weighted by atomic mass is 10.2. The van der Waals surface area contributed by atoms with E-state index in [1.54, 1.807) is 0 Å². The molecule has 1 aliphatic rings. The summed E-state index contributed by atoms with van der Waals surface area (Å²) in [4.78, 5) is 11.4. The first-order chi connectivity index (χ1) is 9.37. The van der Waals surface area contributed by atoms with Gasteiger partial charge in [0.1, 0.15) is 10.9 Å². The quantitative estimate of drug-likeness (QED) is 0.871. The van der Waals surface area contributed by atoms with Crippen LogP contribution in [0.25, 0.3) is 0 Å². The van der Waals surface area contributed by atoms with Gasteiger partial charge in [0.25, 0.3) is 0 Å². The van der Waals surface area contributed by atoms with Gasteiger partial charge >= 0.3 is 0 Å². The molecule has 20 heavy (non-hydrogen) atoms. The van der Waals surface area contributed by atoms with Crippen molar-refractivity contribution in [1.29, 1.82) is 5.26 Å². The molecule has 0 aliphatic carbocycles. The molecule has 1 aromatic rings. The summed E-state index contributed by atoms with van der Waals surface area (Å²) in [5.41, 5.74) is 0.196. The SMILES string of the molecule is CC1C(=O)NCCN1S(=O)(=O)c1cc(C#N)ccc1Cl. The Labute approximate surface area is 122 Å². The van der Waals surface area contributed by atoms with Gasteiger partial charge in [-0.2, -0.15) is 9.57 Å². The molecule has 2 rings (SSSR count). The number of rotatable bonds is 2. The van der Waals surface area contributed by atoms with Crippen molar-refractivity contribution >= 4 is 27.5 Å². The Morgan fingerprint density at radius 1 is 1.50 bits per heavy atom. The van der Waals surface area contributed by atoms with Crippen LogP contribution in [0.1, 0.15) is 12.5 Å². The Hall–Kier alpha value is -1.62. The first-order valence-corrected chi connectivity index (χ1v) is 7.69. The molecule has 1 heterocycles. The fraction of sp³-hybridized carbons (Fsp3) is 0.333. The van der Waals surface area contributed by atoms with Crippen LogP contribution in [0.4, 0.5) is 0 Å². The van der Waals surface area contributed by atoms with E-state index in [9.17, 15) is 13.2 Å². The summed E-state index contributed by atoms with van der Waals surface area (Å²) in [6, 6.07) is 5.08. The molecule has 6 nitrogen and oxygen atoms in total. The monoisotopic (exact) mass is 313 g/mol. The van der Waals surface area contributed by atoms with Crippen LogP contribution >= 0.6 is 11.6 Å². The van der Waals surface area contributed by atoms with E-state index in [1.807, 2.05) is 6.07 Å². The zero-order chi connectivity index (χ0) is 14.9. The molecule has 0 saturated carbocycles. The van der Waals surface area contributed by atoms with Gasteiger partial charge in [-0.05, 0) is 25.1 Å². The standard InChI is InChI=1S/C12H12ClN3O3S/c1-8-12(17)15-4-5-16(8)20(18,19)11-6-9(7-14)2-3-10(11)13/h2-3,6,8H,4-5H2,1H3,(H,15,17). The predicted octanol–water partition coefficient (Wildman–Crippen LogP) is 0.721. The molecule has 106 valence electrons. The van der Waals surface area contributed by atoms with E-state index in [1.165, 1.54) is 25.1 Å². The Kier molecular flexibility index (Phi) is 3.99. The summed E-state index contributed by atoms with van der Waals surface area (Å²) in [6.45, 7) is 1.93. The normalized spacial score (nSPS) is 20.2. The van der Waals surface area contributed by atoms with Crippen LogP contribution < -0.4 is 5.32 Å². The fourth-order valence-corrected chi connectivity index (χ4v) is 4.08. The van der Waals surface area contributed by atoms with Crippen LogP contribution in [0, 0.1) is 11.3 Å². The molecule has 0 aromatic heterocycles. The topological polar surface area (TPSA) is 90.3 Å². The van der Waals surface area contributed by atoms with Crippen LogP contribution in [0.2, 0.25) is 5.02 Å². The summed E-state index contributed by atoms with van der Waals surface area (Å²) >= 11 is 5.93. The van der Waals surface area contributed by atoms with Gasteiger partial charge in [-0.15, -0.1) is 0 Å². The van der Waals surface area contributed by atoms with Crippen LogP contribution in [0.15, 0.2) is 23.1 Å². The van der Waals surface area contributed by atoms with Crippen molar-refractivity contribution < 1.29 is 13.2 Å². The lowest BCUT2D eigenvalue weighted by Crippen LogP contribution is -2.55. The van der Waals surface area contributed by atoms with Crippen molar-refractivity contribution in [3.05, 3.63) is 28.8 Å². The highest BCUT2D eigenvalue weighted by Gasteiger charge is 2.36. The molecule has 1 N–H and O–H groups in total. The number of nitriles is 1. The van der Waals surface area contributed by atoms with E-state index in [0.717, 1.165) is 4.31 Å². The van der Waals surface area contributed by atoms with E-state index in [2.05, 4.69) is 5.32 Å². The number of nitrogens with one attached hydrogen (secondary N) is 1. The molecule has 1 fully saturated rings. The van der Waals surface area contributed by atoms with Crippen molar-refractivity contribution in [2.75, 3.05) is 13.1 Å². The molecule has 0 bridgehead atoms. The largest absolute Gasteiger partial charge is 0.353 e. The van der Waals surface area contributed by atoms with E-state index >= 15 is 0 Å². The van der Waals surface area contributed by atoms with Crippen LogP contribution in [-0.4, -0.2) is 37.8 Å². The highest BCUT2D eigenvalue weighted by atomic mass is 35.5. The maximum absolute atomic E-state index is 12.6.